The summed E-state index contributed by atoms with van der Waals surface area (Å²) in [5, 5.41) is 10.4. The third-order valence-corrected chi connectivity index (χ3v) is 7.87. The van der Waals surface area contributed by atoms with Crippen molar-refractivity contribution in [2.24, 2.45) is 0 Å². The summed E-state index contributed by atoms with van der Waals surface area (Å²) < 4.78 is 41.4. The maximum atomic E-state index is 15.5. The molecule has 6 nitrogen and oxygen atoms in total. The largest absolute Gasteiger partial charge is 0.490 e. The molecule has 8 heteroatoms. The SMILES string of the molecule is Cc1ccc(F)cc1C(=O)N1CCc2c1cc(C)c(C(OC(C)(C)C)C(=O)O)c2-c1cc(F)c2c(c1C)CCCO2. The lowest BCUT2D eigenvalue weighted by Gasteiger charge is -2.30. The van der Waals surface area contributed by atoms with Crippen LogP contribution in [0.15, 0.2) is 30.3 Å². The van der Waals surface area contributed by atoms with Gasteiger partial charge in [0.25, 0.3) is 5.91 Å². The van der Waals surface area contributed by atoms with Crippen molar-refractivity contribution in [1.82, 2.24) is 0 Å². The van der Waals surface area contributed by atoms with E-state index in [0.29, 0.717) is 59.5 Å². The van der Waals surface area contributed by atoms with Crippen molar-refractivity contribution < 1.29 is 33.0 Å². The summed E-state index contributed by atoms with van der Waals surface area (Å²) in [5.74, 6) is -2.28. The quantitative estimate of drug-likeness (QED) is 0.361. The number of halogens is 2. The molecule has 0 aromatic heterocycles. The van der Waals surface area contributed by atoms with Crippen molar-refractivity contribution >= 4 is 17.6 Å². The molecule has 1 amide bonds. The number of benzene rings is 3. The van der Waals surface area contributed by atoms with Crippen LogP contribution in [0.1, 0.15) is 77.0 Å². The lowest BCUT2D eigenvalue weighted by atomic mass is 9.83. The van der Waals surface area contributed by atoms with Gasteiger partial charge in [-0.1, -0.05) is 6.07 Å². The van der Waals surface area contributed by atoms with Gasteiger partial charge >= 0.3 is 5.97 Å². The number of carbonyl (C=O) groups is 2. The van der Waals surface area contributed by atoms with Gasteiger partial charge in [-0.15, -0.1) is 0 Å². The van der Waals surface area contributed by atoms with E-state index in [2.05, 4.69) is 0 Å². The highest BCUT2D eigenvalue weighted by molar-refractivity contribution is 6.09. The molecular formula is C33H35F2NO5. The molecule has 2 aliphatic heterocycles. The van der Waals surface area contributed by atoms with Crippen molar-refractivity contribution in [1.29, 1.82) is 0 Å². The van der Waals surface area contributed by atoms with Crippen LogP contribution in [0.3, 0.4) is 0 Å². The number of ether oxygens (including phenoxy) is 2. The fraction of sp³-hybridized carbons (Fsp3) is 0.394. The van der Waals surface area contributed by atoms with Crippen molar-refractivity contribution in [3.63, 3.8) is 0 Å². The van der Waals surface area contributed by atoms with Gasteiger partial charge in [0.2, 0.25) is 0 Å². The number of nitrogens with zero attached hydrogens (tertiary/aromatic N) is 1. The molecule has 0 spiro atoms. The van der Waals surface area contributed by atoms with Gasteiger partial charge in [0.15, 0.2) is 17.7 Å². The molecule has 41 heavy (non-hydrogen) atoms. The molecular weight excluding hydrogens is 528 g/mol. The van der Waals surface area contributed by atoms with Crippen LogP contribution >= 0.6 is 0 Å². The Bertz CT molecular complexity index is 1570. The average Bonchev–Trinajstić information content (AvgIpc) is 3.32. The number of aliphatic carboxylic acids is 1. The fourth-order valence-electron chi connectivity index (χ4n) is 6.03. The van der Waals surface area contributed by atoms with Gasteiger partial charge in [0.05, 0.1) is 12.2 Å². The number of carbonyl (C=O) groups excluding carboxylic acids is 1. The molecule has 0 bridgehead atoms. The molecule has 216 valence electrons. The van der Waals surface area contributed by atoms with Crippen molar-refractivity contribution in [2.75, 3.05) is 18.1 Å². The van der Waals surface area contributed by atoms with Crippen LogP contribution in [0.25, 0.3) is 11.1 Å². The van der Waals surface area contributed by atoms with E-state index in [0.717, 1.165) is 23.1 Å². The van der Waals surface area contributed by atoms with Crippen LogP contribution in [0.5, 0.6) is 5.75 Å². The van der Waals surface area contributed by atoms with Gasteiger partial charge in [-0.05, 0) is 118 Å². The Morgan fingerprint density at radius 2 is 1.76 bits per heavy atom. The van der Waals surface area contributed by atoms with E-state index in [1.807, 2.05) is 6.92 Å². The second-order valence-corrected chi connectivity index (χ2v) is 11.9. The van der Waals surface area contributed by atoms with Crippen molar-refractivity contribution in [2.45, 2.75) is 72.5 Å². The lowest BCUT2D eigenvalue weighted by Crippen LogP contribution is -2.30. The Labute approximate surface area is 238 Å². The summed E-state index contributed by atoms with van der Waals surface area (Å²) in [7, 11) is 0. The van der Waals surface area contributed by atoms with Crippen molar-refractivity contribution in [3.05, 3.63) is 80.9 Å². The maximum Gasteiger partial charge on any atom is 0.337 e. The van der Waals surface area contributed by atoms with Gasteiger partial charge in [-0.3, -0.25) is 4.79 Å². The minimum atomic E-state index is -1.33. The molecule has 0 saturated carbocycles. The summed E-state index contributed by atoms with van der Waals surface area (Å²) in [6.07, 6.45) is 0.462. The minimum absolute atomic E-state index is 0.238. The van der Waals surface area contributed by atoms with Crippen LogP contribution in [0.4, 0.5) is 14.5 Å². The first-order valence-electron chi connectivity index (χ1n) is 13.9. The highest BCUT2D eigenvalue weighted by atomic mass is 19.1. The molecule has 0 radical (unpaired) electrons. The standard InChI is InChI=1S/C33H35F2NO5/c1-17-9-10-20(34)15-23(17)31(37)36-12-11-22-26(36)14-18(2)27(30(32(38)39)41-33(4,5)6)28(22)24-16-25(35)29-21(19(24)3)8-7-13-40-29/h9-10,14-16,30H,7-8,11-13H2,1-6H3,(H,38,39). The van der Waals surface area contributed by atoms with E-state index < -0.39 is 29.3 Å². The third kappa shape index (κ3) is 5.21. The summed E-state index contributed by atoms with van der Waals surface area (Å²) in [4.78, 5) is 28.0. The minimum Gasteiger partial charge on any atom is -0.490 e. The van der Waals surface area contributed by atoms with Crippen LogP contribution in [0.2, 0.25) is 0 Å². The first-order chi connectivity index (χ1) is 19.3. The number of amides is 1. The smallest absolute Gasteiger partial charge is 0.337 e. The molecule has 2 heterocycles. The van der Waals surface area contributed by atoms with E-state index in [4.69, 9.17) is 9.47 Å². The zero-order valence-electron chi connectivity index (χ0n) is 24.3. The van der Waals surface area contributed by atoms with Crippen LogP contribution < -0.4 is 9.64 Å². The van der Waals surface area contributed by atoms with E-state index in [1.165, 1.54) is 18.2 Å². The number of fused-ring (bicyclic) bond motifs is 2. The molecule has 5 rings (SSSR count). The average molecular weight is 564 g/mol. The van der Waals surface area contributed by atoms with Crippen LogP contribution in [-0.2, 0) is 22.4 Å². The van der Waals surface area contributed by atoms with Crippen LogP contribution in [-0.4, -0.2) is 35.7 Å². The molecule has 0 aliphatic carbocycles. The first-order valence-corrected chi connectivity index (χ1v) is 13.9. The number of carboxylic acids is 1. The van der Waals surface area contributed by atoms with Gasteiger partial charge in [-0.25, -0.2) is 13.6 Å². The molecule has 0 saturated heterocycles. The maximum absolute atomic E-state index is 15.5. The second-order valence-electron chi connectivity index (χ2n) is 11.9. The van der Waals surface area contributed by atoms with Gasteiger partial charge in [0, 0.05) is 28.9 Å². The number of anilines is 1. The predicted octanol–water partition coefficient (Wildman–Crippen LogP) is 7.03. The normalized spacial score (nSPS) is 15.3. The lowest BCUT2D eigenvalue weighted by molar-refractivity contribution is -0.160. The molecule has 2 aliphatic rings. The number of carboxylic acid groups (broad SMARTS) is 1. The Hall–Kier alpha value is -3.78. The Morgan fingerprint density at radius 3 is 2.44 bits per heavy atom. The van der Waals surface area contributed by atoms with Gasteiger partial charge < -0.3 is 19.5 Å². The van der Waals surface area contributed by atoms with E-state index in [1.54, 1.807) is 51.7 Å². The Balaban J connectivity index is 1.78. The van der Waals surface area contributed by atoms with Crippen LogP contribution in [0, 0.1) is 32.4 Å². The molecule has 1 atom stereocenters. The molecule has 3 aromatic carbocycles. The zero-order valence-corrected chi connectivity index (χ0v) is 24.3. The first kappa shape index (κ1) is 28.7. The van der Waals surface area contributed by atoms with E-state index >= 15 is 4.39 Å². The summed E-state index contributed by atoms with van der Waals surface area (Å²) in [5.41, 5.74) is 5.17. The number of hydrogen-bond acceptors (Lipinski definition) is 4. The molecule has 1 unspecified atom stereocenters. The third-order valence-electron chi connectivity index (χ3n) is 7.87. The topological polar surface area (TPSA) is 76.1 Å². The van der Waals surface area contributed by atoms with Gasteiger partial charge in [-0.2, -0.15) is 0 Å². The van der Waals surface area contributed by atoms with E-state index in [-0.39, 0.29) is 17.2 Å². The molecule has 0 fully saturated rings. The highest BCUT2D eigenvalue weighted by Gasteiger charge is 2.37. The highest BCUT2D eigenvalue weighted by Crippen LogP contribution is 2.48. The predicted molar refractivity (Wildman–Crippen MR) is 153 cm³/mol. The monoisotopic (exact) mass is 563 g/mol. The molecule has 1 N–H and O–H groups in total. The number of rotatable bonds is 5. The fourth-order valence-corrected chi connectivity index (χ4v) is 6.03. The summed E-state index contributed by atoms with van der Waals surface area (Å²) in [6, 6.07) is 7.33. The number of hydrogen-bond donors (Lipinski definition) is 1. The van der Waals surface area contributed by atoms with Crippen molar-refractivity contribution in [3.8, 4) is 16.9 Å². The van der Waals surface area contributed by atoms with E-state index in [9.17, 15) is 19.1 Å². The summed E-state index contributed by atoms with van der Waals surface area (Å²) >= 11 is 0. The number of aryl methyl sites for hydroxylation is 2. The zero-order chi connectivity index (χ0) is 29.8. The molecule has 3 aromatic rings. The Kier molecular flexibility index (Phi) is 7.40. The summed E-state index contributed by atoms with van der Waals surface area (Å²) in [6.45, 7) is 11.5. The van der Waals surface area contributed by atoms with Gasteiger partial charge in [0.1, 0.15) is 5.82 Å². The second kappa shape index (κ2) is 10.6. The Morgan fingerprint density at radius 1 is 1.02 bits per heavy atom.